The van der Waals surface area contributed by atoms with E-state index in [1.165, 1.54) is 40.7 Å². The number of carboxylic acids is 1. The van der Waals surface area contributed by atoms with Gasteiger partial charge in [-0.2, -0.15) is 4.31 Å². The zero-order valence-corrected chi connectivity index (χ0v) is 16.5. The molecule has 0 aromatic heterocycles. The molecule has 0 spiro atoms. The van der Waals surface area contributed by atoms with E-state index in [1.54, 1.807) is 12.1 Å². The van der Waals surface area contributed by atoms with E-state index in [1.807, 2.05) is 0 Å². The molecule has 1 fully saturated rings. The van der Waals surface area contributed by atoms with Crippen LogP contribution in [0.15, 0.2) is 58.3 Å². The van der Waals surface area contributed by atoms with Crippen molar-refractivity contribution in [1.29, 1.82) is 0 Å². The van der Waals surface area contributed by atoms with Crippen LogP contribution in [0, 0.1) is 0 Å². The van der Waals surface area contributed by atoms with Gasteiger partial charge in [0.1, 0.15) is 0 Å². The van der Waals surface area contributed by atoms with Gasteiger partial charge < -0.3 is 5.11 Å². The molecule has 0 bridgehead atoms. The Morgan fingerprint density at radius 2 is 1.43 bits per heavy atom. The Bertz CT molecular complexity index is 1060. The summed E-state index contributed by atoms with van der Waals surface area (Å²) in [4.78, 5) is 11.0. The summed E-state index contributed by atoms with van der Waals surface area (Å²) in [5.74, 6) is -1.14. The topological polar surface area (TPSA) is 121 Å². The fourth-order valence-corrected chi connectivity index (χ4v) is 5.43. The zero-order chi connectivity index (χ0) is 20.4. The first kappa shape index (κ1) is 20.5. The smallest absolute Gasteiger partial charge is 0.335 e. The van der Waals surface area contributed by atoms with Crippen LogP contribution in [0.3, 0.4) is 0 Å². The largest absolute Gasteiger partial charge is 0.478 e. The first-order valence-corrected chi connectivity index (χ1v) is 11.5. The molecule has 2 aromatic carbocycles. The lowest BCUT2D eigenvalue weighted by atomic mass is 10.2. The highest BCUT2D eigenvalue weighted by atomic mass is 32.2. The van der Waals surface area contributed by atoms with Crippen molar-refractivity contribution in [2.45, 2.75) is 29.2 Å². The number of benzene rings is 2. The van der Waals surface area contributed by atoms with Gasteiger partial charge in [0.2, 0.25) is 20.0 Å². The summed E-state index contributed by atoms with van der Waals surface area (Å²) in [5.41, 5.74) is 0.597. The van der Waals surface area contributed by atoms with Gasteiger partial charge in [0.15, 0.2) is 0 Å². The molecule has 0 aliphatic carbocycles. The number of nitrogens with zero attached hydrogens (tertiary/aromatic N) is 1. The normalized spacial score (nSPS) is 15.6. The summed E-state index contributed by atoms with van der Waals surface area (Å²) in [6.07, 6.45) is 1.71. The van der Waals surface area contributed by atoms with Crippen molar-refractivity contribution in [3.05, 3.63) is 59.7 Å². The molecule has 10 heteroatoms. The summed E-state index contributed by atoms with van der Waals surface area (Å²) < 4.78 is 53.5. The second-order valence-electron chi connectivity index (χ2n) is 6.41. The van der Waals surface area contributed by atoms with Crippen molar-refractivity contribution in [3.63, 3.8) is 0 Å². The highest BCUT2D eigenvalue weighted by Crippen LogP contribution is 2.21. The molecule has 0 saturated carbocycles. The van der Waals surface area contributed by atoms with Crippen molar-refractivity contribution >= 4 is 26.0 Å². The van der Waals surface area contributed by atoms with Crippen molar-refractivity contribution in [1.82, 2.24) is 9.03 Å². The second kappa shape index (κ2) is 8.00. The van der Waals surface area contributed by atoms with E-state index in [0.29, 0.717) is 18.7 Å². The molecule has 2 aromatic rings. The molecule has 150 valence electrons. The third-order valence-corrected chi connectivity index (χ3v) is 7.83. The van der Waals surface area contributed by atoms with Gasteiger partial charge in [-0.3, -0.25) is 0 Å². The van der Waals surface area contributed by atoms with E-state index in [0.717, 1.165) is 12.8 Å². The summed E-state index contributed by atoms with van der Waals surface area (Å²) in [6, 6.07) is 11.0. The van der Waals surface area contributed by atoms with Gasteiger partial charge in [-0.25, -0.2) is 26.4 Å². The van der Waals surface area contributed by atoms with Crippen LogP contribution < -0.4 is 4.72 Å². The monoisotopic (exact) mass is 424 g/mol. The highest BCUT2D eigenvalue weighted by molar-refractivity contribution is 7.89. The number of hydrogen-bond acceptors (Lipinski definition) is 5. The quantitative estimate of drug-likeness (QED) is 0.697. The highest BCUT2D eigenvalue weighted by Gasteiger charge is 2.26. The van der Waals surface area contributed by atoms with Crippen LogP contribution in [0.2, 0.25) is 0 Å². The lowest BCUT2D eigenvalue weighted by molar-refractivity contribution is 0.0696. The van der Waals surface area contributed by atoms with Gasteiger partial charge >= 0.3 is 5.97 Å². The van der Waals surface area contributed by atoms with Gasteiger partial charge in [0.25, 0.3) is 0 Å². The number of carboxylic acid groups (broad SMARTS) is 1. The lowest BCUT2D eigenvalue weighted by Gasteiger charge is -2.15. The number of rotatable bonds is 7. The first-order chi connectivity index (χ1) is 13.2. The zero-order valence-electron chi connectivity index (χ0n) is 14.9. The Kier molecular flexibility index (Phi) is 5.84. The molecular weight excluding hydrogens is 404 g/mol. The van der Waals surface area contributed by atoms with Crippen LogP contribution in [-0.4, -0.2) is 45.3 Å². The third kappa shape index (κ3) is 4.41. The van der Waals surface area contributed by atoms with Crippen molar-refractivity contribution < 1.29 is 26.7 Å². The average molecular weight is 425 g/mol. The number of sulfonamides is 2. The third-order valence-electron chi connectivity index (χ3n) is 4.50. The standard InChI is InChI=1S/C18H20N2O6S2/c21-18(22)15-5-9-16(10-6-15)27(23,24)19-13-14-3-7-17(8-4-14)28(25,26)20-11-1-2-12-20/h3-10,19H,1-2,11-13H2,(H,21,22). The van der Waals surface area contributed by atoms with Gasteiger partial charge in [-0.1, -0.05) is 12.1 Å². The number of nitrogens with one attached hydrogen (secondary N) is 1. The van der Waals surface area contributed by atoms with Crippen LogP contribution in [0.25, 0.3) is 0 Å². The molecule has 1 aliphatic rings. The summed E-state index contributed by atoms with van der Waals surface area (Å²) in [6.45, 7) is 1.02. The number of hydrogen-bond donors (Lipinski definition) is 2. The molecule has 1 saturated heterocycles. The van der Waals surface area contributed by atoms with E-state index in [2.05, 4.69) is 4.72 Å². The van der Waals surface area contributed by atoms with Gasteiger partial charge in [0.05, 0.1) is 15.4 Å². The summed E-state index contributed by atoms with van der Waals surface area (Å²) in [5, 5.41) is 8.87. The van der Waals surface area contributed by atoms with Crippen molar-refractivity contribution in [2.24, 2.45) is 0 Å². The van der Waals surface area contributed by atoms with Gasteiger partial charge in [-0.05, 0) is 54.8 Å². The molecular formula is C18H20N2O6S2. The van der Waals surface area contributed by atoms with E-state index in [4.69, 9.17) is 5.11 Å². The molecule has 1 aliphatic heterocycles. The predicted molar refractivity (Wildman–Crippen MR) is 102 cm³/mol. The Morgan fingerprint density at radius 3 is 1.96 bits per heavy atom. The minimum atomic E-state index is -3.82. The molecule has 2 N–H and O–H groups in total. The number of carbonyl (C=O) groups is 1. The van der Waals surface area contributed by atoms with Gasteiger partial charge in [0, 0.05) is 19.6 Å². The van der Waals surface area contributed by atoms with Crippen molar-refractivity contribution in [3.8, 4) is 0 Å². The Balaban J connectivity index is 1.68. The molecule has 0 atom stereocenters. The van der Waals surface area contributed by atoms with Crippen LogP contribution >= 0.6 is 0 Å². The molecule has 3 rings (SSSR count). The van der Waals surface area contributed by atoms with Crippen LogP contribution in [0.4, 0.5) is 0 Å². The maximum absolute atomic E-state index is 12.5. The molecule has 8 nitrogen and oxygen atoms in total. The van der Waals surface area contributed by atoms with Crippen LogP contribution in [-0.2, 0) is 26.6 Å². The maximum atomic E-state index is 12.5. The molecule has 28 heavy (non-hydrogen) atoms. The second-order valence-corrected chi connectivity index (χ2v) is 10.1. The van der Waals surface area contributed by atoms with Crippen LogP contribution in [0.5, 0.6) is 0 Å². The summed E-state index contributed by atoms with van der Waals surface area (Å²) in [7, 11) is -7.33. The minimum absolute atomic E-state index is 0.00579. The molecule has 0 radical (unpaired) electrons. The molecule has 0 unspecified atom stereocenters. The predicted octanol–water partition coefficient (Wildman–Crippen LogP) is 1.65. The first-order valence-electron chi connectivity index (χ1n) is 8.62. The van der Waals surface area contributed by atoms with E-state index in [9.17, 15) is 21.6 Å². The average Bonchev–Trinajstić information content (AvgIpc) is 3.22. The SMILES string of the molecule is O=C(O)c1ccc(S(=O)(=O)NCc2ccc(S(=O)(=O)N3CCCC3)cc2)cc1. The van der Waals surface area contributed by atoms with Crippen molar-refractivity contribution in [2.75, 3.05) is 13.1 Å². The fraction of sp³-hybridized carbons (Fsp3) is 0.278. The minimum Gasteiger partial charge on any atom is -0.478 e. The Labute approximate surface area is 163 Å². The molecule has 0 amide bonds. The van der Waals surface area contributed by atoms with Crippen LogP contribution in [0.1, 0.15) is 28.8 Å². The van der Waals surface area contributed by atoms with E-state index >= 15 is 0 Å². The Hall–Kier alpha value is -2.27. The molecule has 1 heterocycles. The maximum Gasteiger partial charge on any atom is 0.335 e. The van der Waals surface area contributed by atoms with E-state index in [-0.39, 0.29) is 21.9 Å². The fourth-order valence-electron chi connectivity index (χ4n) is 2.90. The number of aromatic carboxylic acids is 1. The summed E-state index contributed by atoms with van der Waals surface area (Å²) >= 11 is 0. The Morgan fingerprint density at radius 1 is 0.893 bits per heavy atom. The lowest BCUT2D eigenvalue weighted by Crippen LogP contribution is -2.28. The van der Waals surface area contributed by atoms with Gasteiger partial charge in [-0.15, -0.1) is 0 Å². The van der Waals surface area contributed by atoms with E-state index < -0.39 is 26.0 Å².